The van der Waals surface area contributed by atoms with Crippen LogP contribution in [-0.4, -0.2) is 35.2 Å². The summed E-state index contributed by atoms with van der Waals surface area (Å²) in [6, 6.07) is 3.82. The van der Waals surface area contributed by atoms with Crippen LogP contribution in [0.2, 0.25) is 0 Å². The summed E-state index contributed by atoms with van der Waals surface area (Å²) >= 11 is 0. The lowest BCUT2D eigenvalue weighted by atomic mass is 9.43. The standard InChI is InChI=1S/C28H40O6/c1-16(29)32-17-8-11-26(4)18-9-12-27(5)19(10-13-28(27,30)21-7-6-14-31-21)22(18)24-23(20(26)15-17)33-25(2,3)34-24/h6-7,14,17-20,22-24,30H,8-13,15H2,1-5H3/t17-,18-,19-,20+,22?,23+,24+,26+,27-,28+/m0/s1. The van der Waals surface area contributed by atoms with Crippen LogP contribution >= 0.6 is 0 Å². The van der Waals surface area contributed by atoms with E-state index in [-0.39, 0.29) is 35.1 Å². The minimum absolute atomic E-state index is 0.00210. The van der Waals surface area contributed by atoms with Crippen LogP contribution in [0, 0.1) is 34.5 Å². The molecule has 1 aliphatic heterocycles. The molecule has 0 amide bonds. The van der Waals surface area contributed by atoms with Crippen LogP contribution in [0.4, 0.5) is 0 Å². The Balaban J connectivity index is 1.39. The average molecular weight is 473 g/mol. The van der Waals surface area contributed by atoms with E-state index in [4.69, 9.17) is 18.6 Å². The minimum Gasteiger partial charge on any atom is -0.466 e. The summed E-state index contributed by atoms with van der Waals surface area (Å²) in [5.74, 6) is 1.36. The summed E-state index contributed by atoms with van der Waals surface area (Å²) in [4.78, 5) is 11.7. The maximum atomic E-state index is 12.0. The molecule has 5 aliphatic rings. The molecule has 5 fully saturated rings. The molecule has 34 heavy (non-hydrogen) atoms. The van der Waals surface area contributed by atoms with Gasteiger partial charge < -0.3 is 23.7 Å². The molecule has 188 valence electrons. The number of carbonyl (C=O) groups excluding carboxylic acids is 1. The Morgan fingerprint density at radius 1 is 1.00 bits per heavy atom. The number of esters is 1. The van der Waals surface area contributed by atoms with Crippen molar-refractivity contribution >= 4 is 5.97 Å². The van der Waals surface area contributed by atoms with Crippen molar-refractivity contribution in [3.8, 4) is 0 Å². The second-order valence-corrected chi connectivity index (χ2v) is 12.8. The fourth-order valence-corrected chi connectivity index (χ4v) is 9.42. The van der Waals surface area contributed by atoms with Crippen molar-refractivity contribution in [2.45, 2.75) is 109 Å². The number of furan rings is 1. The van der Waals surface area contributed by atoms with Crippen molar-refractivity contribution < 1.29 is 28.5 Å². The van der Waals surface area contributed by atoms with Gasteiger partial charge in [0.1, 0.15) is 17.5 Å². The summed E-state index contributed by atoms with van der Waals surface area (Å²) in [6.45, 7) is 10.3. The Bertz CT molecular complexity index is 956. The van der Waals surface area contributed by atoms with E-state index in [2.05, 4.69) is 13.8 Å². The molecule has 1 aromatic heterocycles. The van der Waals surface area contributed by atoms with Crippen molar-refractivity contribution in [2.75, 3.05) is 0 Å². The predicted octanol–water partition coefficient (Wildman–Crippen LogP) is 5.18. The number of hydrogen-bond donors (Lipinski definition) is 1. The summed E-state index contributed by atoms with van der Waals surface area (Å²) in [7, 11) is 0. The lowest BCUT2D eigenvalue weighted by Gasteiger charge is -2.63. The zero-order valence-corrected chi connectivity index (χ0v) is 21.2. The van der Waals surface area contributed by atoms with E-state index < -0.39 is 11.4 Å². The number of ether oxygens (including phenoxy) is 3. The quantitative estimate of drug-likeness (QED) is 0.598. The van der Waals surface area contributed by atoms with Crippen LogP contribution in [0.25, 0.3) is 0 Å². The fourth-order valence-electron chi connectivity index (χ4n) is 9.42. The number of rotatable bonds is 2. The first-order valence-corrected chi connectivity index (χ1v) is 13.3. The number of hydrogen-bond acceptors (Lipinski definition) is 6. The first-order chi connectivity index (χ1) is 16.0. The molecule has 2 heterocycles. The highest BCUT2D eigenvalue weighted by Crippen LogP contribution is 2.71. The first kappa shape index (κ1) is 23.1. The van der Waals surface area contributed by atoms with Gasteiger partial charge in [0.25, 0.3) is 0 Å². The van der Waals surface area contributed by atoms with Crippen molar-refractivity contribution in [3.63, 3.8) is 0 Å². The number of fused-ring (bicyclic) bond motifs is 8. The van der Waals surface area contributed by atoms with Crippen LogP contribution in [-0.2, 0) is 24.6 Å². The highest BCUT2D eigenvalue weighted by Gasteiger charge is 2.71. The van der Waals surface area contributed by atoms with Gasteiger partial charge in [-0.3, -0.25) is 4.79 Å². The normalized spacial score (nSPS) is 51.2. The summed E-state index contributed by atoms with van der Waals surface area (Å²) in [5, 5.41) is 12.0. The molecule has 0 aromatic carbocycles. The zero-order chi connectivity index (χ0) is 24.1. The van der Waals surface area contributed by atoms with Gasteiger partial charge in [-0.05, 0) is 100 Å². The van der Waals surface area contributed by atoms with Gasteiger partial charge in [0, 0.05) is 12.3 Å². The molecule has 0 bridgehead atoms. The minimum atomic E-state index is -0.943. The Morgan fingerprint density at radius 3 is 2.44 bits per heavy atom. The van der Waals surface area contributed by atoms with E-state index in [1.54, 1.807) is 6.26 Å². The van der Waals surface area contributed by atoms with Gasteiger partial charge in [-0.15, -0.1) is 0 Å². The van der Waals surface area contributed by atoms with Crippen molar-refractivity contribution in [2.24, 2.45) is 34.5 Å². The predicted molar refractivity (Wildman–Crippen MR) is 124 cm³/mol. The Hall–Kier alpha value is -1.37. The van der Waals surface area contributed by atoms with Crippen LogP contribution in [0.3, 0.4) is 0 Å². The van der Waals surface area contributed by atoms with Gasteiger partial charge in [0.15, 0.2) is 5.79 Å². The molecule has 1 unspecified atom stereocenters. The second-order valence-electron chi connectivity index (χ2n) is 12.8. The molecule has 0 spiro atoms. The molecule has 1 N–H and O–H groups in total. The third-order valence-electron chi connectivity index (χ3n) is 10.9. The summed E-state index contributed by atoms with van der Waals surface area (Å²) in [5.41, 5.74) is -1.09. The van der Waals surface area contributed by atoms with Crippen LogP contribution in [0.1, 0.15) is 85.3 Å². The maximum absolute atomic E-state index is 12.0. The van der Waals surface area contributed by atoms with Crippen molar-refractivity contribution in [1.29, 1.82) is 0 Å². The Labute approximate surface area is 202 Å². The third-order valence-corrected chi connectivity index (χ3v) is 10.9. The third kappa shape index (κ3) is 3.00. The van der Waals surface area contributed by atoms with Crippen molar-refractivity contribution in [3.05, 3.63) is 24.2 Å². The van der Waals surface area contributed by atoms with E-state index in [9.17, 15) is 9.90 Å². The van der Waals surface area contributed by atoms with Gasteiger partial charge in [0.05, 0.1) is 18.5 Å². The topological polar surface area (TPSA) is 78.1 Å². The van der Waals surface area contributed by atoms with Gasteiger partial charge in [-0.2, -0.15) is 0 Å². The Kier molecular flexibility index (Phi) is 4.97. The summed E-state index contributed by atoms with van der Waals surface area (Å²) in [6.07, 6.45) is 8.16. The fraction of sp³-hybridized carbons (Fsp3) is 0.821. The van der Waals surface area contributed by atoms with E-state index in [0.717, 1.165) is 44.9 Å². The number of carbonyl (C=O) groups is 1. The molecule has 4 aliphatic carbocycles. The van der Waals surface area contributed by atoms with Crippen LogP contribution in [0.15, 0.2) is 22.8 Å². The lowest BCUT2D eigenvalue weighted by molar-refractivity contribution is -0.210. The smallest absolute Gasteiger partial charge is 0.302 e. The summed E-state index contributed by atoms with van der Waals surface area (Å²) < 4.78 is 24.9. The average Bonchev–Trinajstić information content (AvgIpc) is 3.46. The van der Waals surface area contributed by atoms with Gasteiger partial charge in [-0.25, -0.2) is 0 Å². The highest BCUT2D eigenvalue weighted by molar-refractivity contribution is 5.66. The second kappa shape index (κ2) is 7.33. The molecule has 6 heteroatoms. The highest BCUT2D eigenvalue weighted by atomic mass is 16.8. The molecule has 6 nitrogen and oxygen atoms in total. The van der Waals surface area contributed by atoms with Crippen molar-refractivity contribution in [1.82, 2.24) is 0 Å². The van der Waals surface area contributed by atoms with Gasteiger partial charge in [0.2, 0.25) is 0 Å². The van der Waals surface area contributed by atoms with E-state index >= 15 is 0 Å². The molecule has 4 saturated carbocycles. The van der Waals surface area contributed by atoms with E-state index in [1.807, 2.05) is 26.0 Å². The molecule has 6 rings (SSSR count). The Morgan fingerprint density at radius 2 is 1.74 bits per heavy atom. The lowest BCUT2D eigenvalue weighted by Crippen LogP contribution is -2.64. The molecule has 1 aromatic rings. The number of aliphatic hydroxyl groups is 1. The first-order valence-electron chi connectivity index (χ1n) is 13.3. The van der Waals surface area contributed by atoms with Crippen LogP contribution < -0.4 is 0 Å². The SMILES string of the molecule is CC(=O)O[C@H]1CC[C@@]2(C)[C@H](C1)[C@H]1OC(C)(C)O[C@@H]1C1[C@@H]2CC[C@@]2(C)[C@H]1CC[C@@]2(O)c1ccco1. The maximum Gasteiger partial charge on any atom is 0.302 e. The monoisotopic (exact) mass is 472 g/mol. The largest absolute Gasteiger partial charge is 0.466 e. The van der Waals surface area contributed by atoms with E-state index in [0.29, 0.717) is 29.4 Å². The van der Waals surface area contributed by atoms with E-state index in [1.165, 1.54) is 6.92 Å². The van der Waals surface area contributed by atoms with Gasteiger partial charge in [-0.1, -0.05) is 13.8 Å². The molecule has 1 saturated heterocycles. The zero-order valence-electron chi connectivity index (χ0n) is 21.2. The molecular weight excluding hydrogens is 432 g/mol. The van der Waals surface area contributed by atoms with Gasteiger partial charge >= 0.3 is 5.97 Å². The molecule has 0 radical (unpaired) electrons. The molecular formula is C28H40O6. The van der Waals surface area contributed by atoms with Crippen LogP contribution in [0.5, 0.6) is 0 Å². The molecule has 10 atom stereocenters.